The van der Waals surface area contributed by atoms with Crippen molar-refractivity contribution in [3.63, 3.8) is 0 Å². The molecule has 0 aliphatic carbocycles. The molecule has 0 saturated heterocycles. The molecule has 38 heavy (non-hydrogen) atoms. The second-order valence-electron chi connectivity index (χ2n) is 12.2. The lowest BCUT2D eigenvalue weighted by molar-refractivity contribution is 0.537. The Morgan fingerprint density at radius 1 is 0.395 bits per heavy atom. The number of aryl methyl sites for hydroxylation is 2. The quantitative estimate of drug-likeness (QED) is 0.0642. The first-order valence-corrected chi connectivity index (χ1v) is 18.6. The molecule has 0 N–H and O–H groups in total. The molecule has 0 heterocycles. The fraction of sp³-hybridized carbons (Fsp3) is 0.838. The average Bonchev–Trinajstić information content (AvgIpc) is 2.94. The van der Waals surface area contributed by atoms with E-state index in [4.69, 9.17) is 0 Å². The van der Waals surface area contributed by atoms with Gasteiger partial charge in [0.05, 0.1) is 0 Å². The first kappa shape index (κ1) is 35.7. The first-order valence-electron chi connectivity index (χ1n) is 17.5. The second kappa shape index (κ2) is 28.2. The summed E-state index contributed by atoms with van der Waals surface area (Å²) in [7, 11) is 0. The second-order valence-corrected chi connectivity index (χ2v) is 12.8. The van der Waals surface area contributed by atoms with Crippen LogP contribution in [0.1, 0.15) is 197 Å². The van der Waals surface area contributed by atoms with Crippen LogP contribution in [0.4, 0.5) is 0 Å². The molecule has 0 aliphatic rings. The number of rotatable bonds is 29. The van der Waals surface area contributed by atoms with Crippen LogP contribution < -0.4 is 0 Å². The monoisotopic (exact) mass is 590 g/mol. The molecule has 1 aromatic carbocycles. The van der Waals surface area contributed by atoms with E-state index in [0.717, 1.165) is 5.33 Å². The molecular weight excluding hydrogens is 524 g/mol. The minimum atomic E-state index is 0.984. The normalized spacial score (nSPS) is 11.4. The van der Waals surface area contributed by atoms with Crippen molar-refractivity contribution in [2.75, 3.05) is 0 Å². The van der Waals surface area contributed by atoms with Crippen LogP contribution in [0, 0.1) is 0 Å². The number of alkyl halides is 1. The van der Waals surface area contributed by atoms with Gasteiger partial charge in [-0.1, -0.05) is 202 Å². The molecule has 0 radical (unpaired) electrons. The van der Waals surface area contributed by atoms with Gasteiger partial charge in [0, 0.05) is 5.33 Å². The van der Waals surface area contributed by atoms with E-state index < -0.39 is 0 Å². The third-order valence-corrected chi connectivity index (χ3v) is 9.17. The summed E-state index contributed by atoms with van der Waals surface area (Å²) in [4.78, 5) is 0. The van der Waals surface area contributed by atoms with Crippen molar-refractivity contribution < 1.29 is 0 Å². The molecule has 1 heteroatoms. The highest BCUT2D eigenvalue weighted by atomic mass is 79.9. The maximum Gasteiger partial charge on any atom is 0.0283 e. The van der Waals surface area contributed by atoms with Gasteiger partial charge in [0.25, 0.3) is 0 Å². The molecule has 0 bridgehead atoms. The number of hydrogen-bond acceptors (Lipinski definition) is 0. The summed E-state index contributed by atoms with van der Waals surface area (Å²) >= 11 is 3.68. The molecule has 0 amide bonds. The van der Waals surface area contributed by atoms with Crippen LogP contribution in [0.25, 0.3) is 0 Å². The van der Waals surface area contributed by atoms with E-state index >= 15 is 0 Å². The van der Waals surface area contributed by atoms with Gasteiger partial charge in [-0.25, -0.2) is 0 Å². The smallest absolute Gasteiger partial charge is 0.0283 e. The summed E-state index contributed by atoms with van der Waals surface area (Å²) in [5.74, 6) is 0. The molecule has 0 atom stereocenters. The molecule has 0 saturated carbocycles. The van der Waals surface area contributed by atoms with E-state index in [1.54, 1.807) is 11.1 Å². The standard InChI is InChI=1S/C37H67Br/c1-3-5-7-9-11-13-15-17-19-21-23-25-27-29-36-32-31-35(34-38)33-37(36)30-28-26-24-22-20-18-16-14-12-10-8-6-4-2/h31-33H,3-30,34H2,1-2H3. The van der Waals surface area contributed by atoms with Crippen molar-refractivity contribution in [1.82, 2.24) is 0 Å². The fourth-order valence-corrected chi connectivity index (χ4v) is 6.25. The van der Waals surface area contributed by atoms with Gasteiger partial charge in [-0.3, -0.25) is 0 Å². The highest BCUT2D eigenvalue weighted by Crippen LogP contribution is 2.21. The number of hydrogen-bond donors (Lipinski definition) is 0. The molecule has 0 fully saturated rings. The van der Waals surface area contributed by atoms with Crippen LogP contribution in [0.3, 0.4) is 0 Å². The van der Waals surface area contributed by atoms with Crippen LogP contribution in [0.15, 0.2) is 18.2 Å². The molecular formula is C37H67Br. The summed E-state index contributed by atoms with van der Waals surface area (Å²) in [6.45, 7) is 4.61. The Morgan fingerprint density at radius 3 is 1.05 bits per heavy atom. The molecule has 0 spiro atoms. The predicted molar refractivity (Wildman–Crippen MR) is 178 cm³/mol. The lowest BCUT2D eigenvalue weighted by Crippen LogP contribution is -1.97. The Bertz CT molecular complexity index is 607. The predicted octanol–water partition coefficient (Wildman–Crippen LogP) is 13.8. The van der Waals surface area contributed by atoms with Crippen molar-refractivity contribution >= 4 is 15.9 Å². The van der Waals surface area contributed by atoms with Gasteiger partial charge in [0.1, 0.15) is 0 Å². The molecule has 0 unspecified atom stereocenters. The lowest BCUT2D eigenvalue weighted by atomic mass is 9.94. The topological polar surface area (TPSA) is 0 Å². The summed E-state index contributed by atoms with van der Waals surface area (Å²) < 4.78 is 0. The van der Waals surface area contributed by atoms with E-state index in [1.807, 2.05) is 0 Å². The zero-order chi connectivity index (χ0) is 27.4. The molecule has 0 aromatic heterocycles. The van der Waals surface area contributed by atoms with Crippen LogP contribution >= 0.6 is 15.9 Å². The zero-order valence-corrected chi connectivity index (χ0v) is 27.7. The third kappa shape index (κ3) is 21.5. The Labute approximate surface area is 249 Å². The Hall–Kier alpha value is -0.300. The van der Waals surface area contributed by atoms with Crippen LogP contribution in [0.2, 0.25) is 0 Å². The SMILES string of the molecule is CCCCCCCCCCCCCCCc1ccc(CBr)cc1CCCCCCCCCCCCCCC. The van der Waals surface area contributed by atoms with Crippen LogP contribution in [-0.2, 0) is 18.2 Å². The minimum absolute atomic E-state index is 0.984. The number of unbranched alkanes of at least 4 members (excludes halogenated alkanes) is 24. The summed E-state index contributed by atoms with van der Waals surface area (Å²) in [5.41, 5.74) is 4.73. The van der Waals surface area contributed by atoms with E-state index in [2.05, 4.69) is 48.0 Å². The minimum Gasteiger partial charge on any atom is -0.0876 e. The Morgan fingerprint density at radius 2 is 0.711 bits per heavy atom. The van der Waals surface area contributed by atoms with Crippen molar-refractivity contribution in [3.8, 4) is 0 Å². The highest BCUT2D eigenvalue weighted by molar-refractivity contribution is 9.08. The van der Waals surface area contributed by atoms with Crippen molar-refractivity contribution in [3.05, 3.63) is 34.9 Å². The highest BCUT2D eigenvalue weighted by Gasteiger charge is 2.05. The van der Waals surface area contributed by atoms with E-state index in [0.29, 0.717) is 0 Å². The van der Waals surface area contributed by atoms with Gasteiger partial charge < -0.3 is 0 Å². The Balaban J connectivity index is 2.07. The molecule has 0 nitrogen and oxygen atoms in total. The van der Waals surface area contributed by atoms with Gasteiger partial charge in [-0.15, -0.1) is 0 Å². The summed E-state index contributed by atoms with van der Waals surface area (Å²) in [6, 6.07) is 7.28. The van der Waals surface area contributed by atoms with Gasteiger partial charge in [0.15, 0.2) is 0 Å². The van der Waals surface area contributed by atoms with E-state index in [1.165, 1.54) is 185 Å². The molecule has 0 aliphatic heterocycles. The van der Waals surface area contributed by atoms with Crippen LogP contribution in [-0.4, -0.2) is 0 Å². The first-order chi connectivity index (χ1) is 18.8. The van der Waals surface area contributed by atoms with Crippen LogP contribution in [0.5, 0.6) is 0 Å². The molecule has 222 valence electrons. The molecule has 1 aromatic rings. The summed E-state index contributed by atoms with van der Waals surface area (Å²) in [6.07, 6.45) is 40.0. The van der Waals surface area contributed by atoms with E-state index in [-0.39, 0.29) is 0 Å². The average molecular weight is 592 g/mol. The third-order valence-electron chi connectivity index (χ3n) is 8.52. The summed E-state index contributed by atoms with van der Waals surface area (Å²) in [5, 5.41) is 0.984. The van der Waals surface area contributed by atoms with Crippen molar-refractivity contribution in [2.45, 2.75) is 199 Å². The van der Waals surface area contributed by atoms with Crippen molar-refractivity contribution in [2.24, 2.45) is 0 Å². The molecule has 1 rings (SSSR count). The number of benzene rings is 1. The van der Waals surface area contributed by atoms with Gasteiger partial charge >= 0.3 is 0 Å². The number of halogens is 1. The Kier molecular flexibility index (Phi) is 26.5. The van der Waals surface area contributed by atoms with E-state index in [9.17, 15) is 0 Å². The lowest BCUT2D eigenvalue weighted by Gasteiger charge is -2.12. The fourth-order valence-electron chi connectivity index (χ4n) is 5.91. The zero-order valence-electron chi connectivity index (χ0n) is 26.1. The maximum absolute atomic E-state index is 3.68. The maximum atomic E-state index is 3.68. The van der Waals surface area contributed by atoms with Gasteiger partial charge in [0.2, 0.25) is 0 Å². The van der Waals surface area contributed by atoms with Crippen molar-refractivity contribution in [1.29, 1.82) is 0 Å². The van der Waals surface area contributed by atoms with Gasteiger partial charge in [-0.2, -0.15) is 0 Å². The van der Waals surface area contributed by atoms with Gasteiger partial charge in [-0.05, 0) is 42.4 Å². The largest absolute Gasteiger partial charge is 0.0876 e.